The number of H-pyrrole nitrogens is 2. The number of rotatable bonds is 3. The number of carbonyl (C=O) groups is 1. The Kier molecular flexibility index (Phi) is 4.39. The van der Waals surface area contributed by atoms with Gasteiger partial charge < -0.3 is 10.3 Å². The molecule has 0 unspecified atom stereocenters. The first-order chi connectivity index (χ1) is 14.2. The number of fused-ring (bicyclic) bond motifs is 2. The van der Waals surface area contributed by atoms with Gasteiger partial charge in [0.15, 0.2) is 0 Å². The highest BCUT2D eigenvalue weighted by Gasteiger charge is 2.26. The predicted octanol–water partition coefficient (Wildman–Crippen LogP) is 3.86. The van der Waals surface area contributed by atoms with Crippen LogP contribution in [-0.2, 0) is 0 Å². The van der Waals surface area contributed by atoms with E-state index in [1.807, 2.05) is 48.5 Å². The molecular weight excluding hydrogens is 364 g/mol. The van der Waals surface area contributed by atoms with E-state index in [0.717, 1.165) is 47.7 Å². The SMILES string of the molecule is O=C(N[C@H]1CC[C@H](c2n[nH]c(=O)c3ccccc32)CC1)c1c[nH]c2ccccc12. The number of hydrogen-bond donors (Lipinski definition) is 3. The summed E-state index contributed by atoms with van der Waals surface area (Å²) < 4.78 is 0. The summed E-state index contributed by atoms with van der Waals surface area (Å²) in [7, 11) is 0. The molecule has 2 aromatic carbocycles. The van der Waals surface area contributed by atoms with Crippen LogP contribution in [0, 0.1) is 0 Å². The molecule has 1 saturated carbocycles. The highest BCUT2D eigenvalue weighted by Crippen LogP contribution is 2.34. The second-order valence-corrected chi connectivity index (χ2v) is 7.75. The number of nitrogens with one attached hydrogen (secondary N) is 3. The first kappa shape index (κ1) is 17.7. The Labute approximate surface area is 167 Å². The van der Waals surface area contributed by atoms with Gasteiger partial charge in [0.25, 0.3) is 11.5 Å². The van der Waals surface area contributed by atoms with Gasteiger partial charge in [0.2, 0.25) is 0 Å². The summed E-state index contributed by atoms with van der Waals surface area (Å²) >= 11 is 0. The van der Waals surface area contributed by atoms with Crippen LogP contribution >= 0.6 is 0 Å². The summed E-state index contributed by atoms with van der Waals surface area (Å²) in [6, 6.07) is 15.6. The summed E-state index contributed by atoms with van der Waals surface area (Å²) in [6.07, 6.45) is 5.44. The van der Waals surface area contributed by atoms with E-state index in [0.29, 0.717) is 10.9 Å². The van der Waals surface area contributed by atoms with Crippen LogP contribution in [0.15, 0.2) is 59.5 Å². The third-order valence-electron chi connectivity index (χ3n) is 6.01. The van der Waals surface area contributed by atoms with E-state index < -0.39 is 0 Å². The van der Waals surface area contributed by atoms with Crippen LogP contribution in [0.5, 0.6) is 0 Å². The van der Waals surface area contributed by atoms with Crippen LogP contribution in [-0.4, -0.2) is 27.1 Å². The number of carbonyl (C=O) groups excluding carboxylic acids is 1. The number of amides is 1. The van der Waals surface area contributed by atoms with Crippen molar-refractivity contribution in [1.29, 1.82) is 0 Å². The summed E-state index contributed by atoms with van der Waals surface area (Å²) in [5.41, 5.74) is 2.47. The maximum atomic E-state index is 12.8. The fourth-order valence-electron chi connectivity index (χ4n) is 4.48. The maximum absolute atomic E-state index is 12.8. The molecule has 0 spiro atoms. The van der Waals surface area contributed by atoms with Crippen molar-refractivity contribution in [2.45, 2.75) is 37.6 Å². The van der Waals surface area contributed by atoms with Gasteiger partial charge in [-0.1, -0.05) is 36.4 Å². The van der Waals surface area contributed by atoms with E-state index in [1.54, 1.807) is 6.20 Å². The van der Waals surface area contributed by atoms with Crippen molar-refractivity contribution in [1.82, 2.24) is 20.5 Å². The molecule has 0 saturated heterocycles. The number of nitrogens with zero attached hydrogens (tertiary/aromatic N) is 1. The third-order valence-corrected chi connectivity index (χ3v) is 6.01. The smallest absolute Gasteiger partial charge is 0.272 e. The van der Waals surface area contributed by atoms with Crippen LogP contribution in [0.4, 0.5) is 0 Å². The summed E-state index contributed by atoms with van der Waals surface area (Å²) in [6.45, 7) is 0. The second kappa shape index (κ2) is 7.20. The lowest BCUT2D eigenvalue weighted by Crippen LogP contribution is -2.37. The Bertz CT molecular complexity index is 1250. The molecule has 146 valence electrons. The Morgan fingerprint density at radius 1 is 0.931 bits per heavy atom. The Balaban J connectivity index is 1.29. The molecule has 6 heteroatoms. The van der Waals surface area contributed by atoms with Gasteiger partial charge >= 0.3 is 0 Å². The monoisotopic (exact) mass is 386 g/mol. The molecule has 0 bridgehead atoms. The number of benzene rings is 2. The Morgan fingerprint density at radius 2 is 1.62 bits per heavy atom. The van der Waals surface area contributed by atoms with Gasteiger partial charge in [-0.15, -0.1) is 0 Å². The largest absolute Gasteiger partial charge is 0.360 e. The number of para-hydroxylation sites is 1. The molecule has 0 aliphatic heterocycles. The molecule has 0 radical (unpaired) electrons. The Morgan fingerprint density at radius 3 is 2.41 bits per heavy atom. The van der Waals surface area contributed by atoms with Crippen molar-refractivity contribution in [3.63, 3.8) is 0 Å². The van der Waals surface area contributed by atoms with Crippen molar-refractivity contribution in [2.75, 3.05) is 0 Å². The maximum Gasteiger partial charge on any atom is 0.272 e. The zero-order valence-corrected chi connectivity index (χ0v) is 15.9. The minimum atomic E-state index is -0.149. The normalized spacial score (nSPS) is 19.4. The Hall–Kier alpha value is -3.41. The molecule has 29 heavy (non-hydrogen) atoms. The zero-order valence-electron chi connectivity index (χ0n) is 15.9. The fourth-order valence-corrected chi connectivity index (χ4v) is 4.48. The highest BCUT2D eigenvalue weighted by molar-refractivity contribution is 6.06. The molecule has 6 nitrogen and oxygen atoms in total. The van der Waals surface area contributed by atoms with Gasteiger partial charge in [0.1, 0.15) is 0 Å². The third kappa shape index (κ3) is 3.20. The van der Waals surface area contributed by atoms with Crippen LogP contribution in [0.1, 0.15) is 47.7 Å². The zero-order chi connectivity index (χ0) is 19.8. The van der Waals surface area contributed by atoms with E-state index in [4.69, 9.17) is 0 Å². The lowest BCUT2D eigenvalue weighted by atomic mass is 9.82. The van der Waals surface area contributed by atoms with Gasteiger partial charge in [-0.25, -0.2) is 5.10 Å². The van der Waals surface area contributed by atoms with Crippen LogP contribution in [0.3, 0.4) is 0 Å². The quantitative estimate of drug-likeness (QED) is 0.499. The summed E-state index contributed by atoms with van der Waals surface area (Å²) in [5, 5.41) is 12.8. The van der Waals surface area contributed by atoms with Crippen molar-refractivity contribution in [3.8, 4) is 0 Å². The van der Waals surface area contributed by atoms with Gasteiger partial charge in [0, 0.05) is 34.4 Å². The topological polar surface area (TPSA) is 90.6 Å². The van der Waals surface area contributed by atoms with Crippen LogP contribution in [0.2, 0.25) is 0 Å². The molecule has 1 amide bonds. The van der Waals surface area contributed by atoms with E-state index in [9.17, 15) is 9.59 Å². The molecule has 3 N–H and O–H groups in total. The first-order valence-corrected chi connectivity index (χ1v) is 10.0. The van der Waals surface area contributed by atoms with Gasteiger partial charge in [-0.2, -0.15) is 5.10 Å². The first-order valence-electron chi connectivity index (χ1n) is 10.0. The molecule has 2 aromatic heterocycles. The lowest BCUT2D eigenvalue weighted by molar-refractivity contribution is 0.0927. The second-order valence-electron chi connectivity index (χ2n) is 7.75. The predicted molar refractivity (Wildman–Crippen MR) is 113 cm³/mol. The minimum Gasteiger partial charge on any atom is -0.360 e. The molecule has 1 fully saturated rings. The fraction of sp³-hybridized carbons (Fsp3) is 0.261. The van der Waals surface area contributed by atoms with Crippen molar-refractivity contribution in [3.05, 3.63) is 76.3 Å². The standard InChI is InChI=1S/C23H22N4O2/c28-22(19-13-24-20-8-4-3-5-16(19)20)25-15-11-9-14(10-12-15)21-17-6-1-2-7-18(17)23(29)27-26-21/h1-8,13-15,24H,9-12H2,(H,25,28)(H,27,29)/t14-,15-. The van der Waals surface area contributed by atoms with Crippen LogP contribution < -0.4 is 10.9 Å². The van der Waals surface area contributed by atoms with E-state index in [2.05, 4.69) is 20.5 Å². The number of aromatic amines is 2. The van der Waals surface area contributed by atoms with Gasteiger partial charge in [-0.3, -0.25) is 9.59 Å². The van der Waals surface area contributed by atoms with Crippen molar-refractivity contribution in [2.24, 2.45) is 0 Å². The summed E-state index contributed by atoms with van der Waals surface area (Å²) in [5.74, 6) is 0.261. The molecule has 2 heterocycles. The highest BCUT2D eigenvalue weighted by atomic mass is 16.1. The number of aromatic nitrogens is 3. The van der Waals surface area contributed by atoms with E-state index in [-0.39, 0.29) is 23.4 Å². The average molecular weight is 386 g/mol. The van der Waals surface area contributed by atoms with Crippen LogP contribution in [0.25, 0.3) is 21.7 Å². The van der Waals surface area contributed by atoms with Gasteiger partial charge in [0.05, 0.1) is 16.6 Å². The van der Waals surface area contributed by atoms with Crippen molar-refractivity contribution < 1.29 is 4.79 Å². The minimum absolute atomic E-state index is 0.0292. The molecular formula is C23H22N4O2. The lowest BCUT2D eigenvalue weighted by Gasteiger charge is -2.29. The number of hydrogen-bond acceptors (Lipinski definition) is 3. The molecule has 1 aliphatic carbocycles. The molecule has 5 rings (SSSR count). The van der Waals surface area contributed by atoms with Gasteiger partial charge in [-0.05, 0) is 37.8 Å². The average Bonchev–Trinajstić information content (AvgIpc) is 3.19. The molecule has 4 aromatic rings. The molecule has 1 aliphatic rings. The van der Waals surface area contributed by atoms with E-state index >= 15 is 0 Å². The van der Waals surface area contributed by atoms with Crippen molar-refractivity contribution >= 4 is 27.6 Å². The summed E-state index contributed by atoms with van der Waals surface area (Å²) in [4.78, 5) is 28.0. The van der Waals surface area contributed by atoms with E-state index in [1.165, 1.54) is 0 Å². The molecule has 0 atom stereocenters.